The van der Waals surface area contributed by atoms with Gasteiger partial charge in [0.1, 0.15) is 17.1 Å². The number of esters is 2. The van der Waals surface area contributed by atoms with Gasteiger partial charge in [0.15, 0.2) is 46.0 Å². The fourth-order valence-corrected chi connectivity index (χ4v) is 10.6. The zero-order valence-electron chi connectivity index (χ0n) is 44.7. The van der Waals surface area contributed by atoms with Gasteiger partial charge in [0.05, 0.1) is 137 Å². The summed E-state index contributed by atoms with van der Waals surface area (Å²) in [6, 6.07) is 13.6. The van der Waals surface area contributed by atoms with Crippen molar-refractivity contribution in [3.05, 3.63) is 87.0 Å². The van der Waals surface area contributed by atoms with Gasteiger partial charge < -0.3 is 95.4 Å². The lowest BCUT2D eigenvalue weighted by Crippen LogP contribution is -3.00. The van der Waals surface area contributed by atoms with Crippen molar-refractivity contribution in [2.45, 2.75) is 44.2 Å². The molecular weight excluding hydrogens is 1020 g/mol. The van der Waals surface area contributed by atoms with Gasteiger partial charge in [-0.1, -0.05) is 11.6 Å². The van der Waals surface area contributed by atoms with Crippen molar-refractivity contribution in [2.24, 2.45) is 0 Å². The SMILES string of the molecule is COc1cc2c(cc1OC)[C@@H](c1cc(OC)c(OC)c(OC)c1)[N@+](C)(CCCOC(=O)/C(Cl)=C/C(=O)OCCC[N@+]1(C)CCc3cc(OC)c(OC)c(OC)c3[C@H]1Cc1cc(OC)c(OC)c(OC)c1)CC2.[Cl-].[Cl-]. The molecule has 0 N–H and O–H groups in total. The molecule has 0 aromatic heterocycles. The van der Waals surface area contributed by atoms with Crippen LogP contribution >= 0.6 is 11.6 Å². The van der Waals surface area contributed by atoms with Gasteiger partial charge >= 0.3 is 11.9 Å². The molecule has 408 valence electrons. The van der Waals surface area contributed by atoms with Crippen LogP contribution in [0.1, 0.15) is 58.3 Å². The second kappa shape index (κ2) is 27.1. The van der Waals surface area contributed by atoms with Crippen molar-refractivity contribution in [1.82, 2.24) is 0 Å². The van der Waals surface area contributed by atoms with Gasteiger partial charge in [-0.3, -0.25) is 0 Å². The number of benzene rings is 4. The van der Waals surface area contributed by atoms with E-state index in [1.54, 1.807) is 78.2 Å². The Hall–Kier alpha value is -5.85. The molecule has 6 rings (SSSR count). The predicted octanol–water partition coefficient (Wildman–Crippen LogP) is 1.86. The number of halogens is 3. The number of carbonyl (C=O) groups excluding carboxylic acids is 2. The number of ether oxygens (including phenoxy) is 13. The van der Waals surface area contributed by atoms with Crippen molar-refractivity contribution < 1.29 is 105 Å². The van der Waals surface area contributed by atoms with E-state index in [4.69, 9.17) is 73.2 Å². The number of nitrogens with zero attached hydrogens (tertiary/aromatic N) is 2. The molecule has 0 saturated carbocycles. The number of hydrogen-bond donors (Lipinski definition) is 0. The Bertz CT molecular complexity index is 2560. The second-order valence-corrected chi connectivity index (χ2v) is 18.5. The van der Waals surface area contributed by atoms with Gasteiger partial charge in [-0.25, -0.2) is 9.59 Å². The summed E-state index contributed by atoms with van der Waals surface area (Å²) in [5.74, 6) is 4.54. The standard InChI is InChI=1S/C54H71ClN2O15.2ClH/c1-56(20-17-35-28-46(66-9)52(69-12)53(70-13)48(35)39(56)24-33-25-42(62-5)50(67-10)43(26-33)63-6)18-14-22-71-47(58)32-38(55)54(59)72-23-15-19-57(2)21-16-34-27-40(60-3)41(61-4)31-37(34)49(57)36-29-44(64-7)51(68-11)45(30-36)65-8;;/h25-32,39,49H,14-24H2,1-13H3;2*1H/q+2;;/p-2/b38-32-;;/t39-,49-,56-,57-;;/m1../s1. The van der Waals surface area contributed by atoms with E-state index in [2.05, 4.69) is 14.1 Å². The van der Waals surface area contributed by atoms with E-state index in [1.807, 2.05) is 42.5 Å². The molecule has 0 bridgehead atoms. The molecule has 2 heterocycles. The van der Waals surface area contributed by atoms with E-state index in [9.17, 15) is 9.59 Å². The number of rotatable bonds is 24. The van der Waals surface area contributed by atoms with Gasteiger partial charge in [0.2, 0.25) is 17.2 Å². The summed E-state index contributed by atoms with van der Waals surface area (Å²) in [4.78, 5) is 26.3. The molecular formula is C54H71Cl3N2O15. The highest BCUT2D eigenvalue weighted by Gasteiger charge is 2.44. The summed E-state index contributed by atoms with van der Waals surface area (Å²) in [6.07, 6.45) is 4.04. The van der Waals surface area contributed by atoms with Crippen molar-refractivity contribution in [2.75, 3.05) is 132 Å². The van der Waals surface area contributed by atoms with Crippen LogP contribution in [-0.4, -0.2) is 153 Å². The Balaban J connectivity index is 0.00000593. The van der Waals surface area contributed by atoms with Gasteiger partial charge in [-0.05, 0) is 59.2 Å². The van der Waals surface area contributed by atoms with Crippen LogP contribution in [0.25, 0.3) is 0 Å². The molecule has 0 spiro atoms. The van der Waals surface area contributed by atoms with E-state index in [1.165, 1.54) is 0 Å². The van der Waals surface area contributed by atoms with Crippen molar-refractivity contribution in [1.29, 1.82) is 0 Å². The van der Waals surface area contributed by atoms with Crippen LogP contribution in [0, 0.1) is 0 Å². The average Bonchev–Trinajstić information content (AvgIpc) is 3.39. The van der Waals surface area contributed by atoms with Crippen LogP contribution in [0.2, 0.25) is 0 Å². The molecule has 0 fully saturated rings. The normalized spacial score (nSPS) is 18.6. The zero-order chi connectivity index (χ0) is 52.3. The highest BCUT2D eigenvalue weighted by molar-refractivity contribution is 6.42. The first-order valence-corrected chi connectivity index (χ1v) is 24.1. The molecule has 0 aliphatic carbocycles. The lowest BCUT2D eigenvalue weighted by molar-refractivity contribution is -0.941. The van der Waals surface area contributed by atoms with E-state index in [-0.39, 0.29) is 55.1 Å². The topological polar surface area (TPSA) is 154 Å². The quantitative estimate of drug-likeness (QED) is 0.0434. The van der Waals surface area contributed by atoms with Gasteiger partial charge in [-0.15, -0.1) is 0 Å². The van der Waals surface area contributed by atoms with Gasteiger partial charge in [0, 0.05) is 49.3 Å². The lowest BCUT2D eigenvalue weighted by Gasteiger charge is -2.46. The Morgan fingerprint density at radius 1 is 0.541 bits per heavy atom. The molecule has 20 heteroatoms. The summed E-state index contributed by atoms with van der Waals surface area (Å²) in [6.45, 7) is 2.93. The third-order valence-corrected chi connectivity index (χ3v) is 14.4. The monoisotopic (exact) mass is 1090 g/mol. The van der Waals surface area contributed by atoms with Crippen molar-refractivity contribution >= 4 is 23.5 Å². The molecule has 0 saturated heterocycles. The Kier molecular flexibility index (Phi) is 22.2. The zero-order valence-corrected chi connectivity index (χ0v) is 47.0. The third-order valence-electron chi connectivity index (χ3n) is 14.1. The van der Waals surface area contributed by atoms with Crippen LogP contribution in [0.15, 0.2) is 53.6 Å². The van der Waals surface area contributed by atoms with Crippen LogP contribution in [-0.2, 0) is 38.3 Å². The Morgan fingerprint density at radius 3 is 1.51 bits per heavy atom. The summed E-state index contributed by atoms with van der Waals surface area (Å²) in [7, 11) is 21.9. The number of fused-ring (bicyclic) bond motifs is 2. The molecule has 0 unspecified atom stereocenters. The largest absolute Gasteiger partial charge is 1.00 e. The minimum Gasteiger partial charge on any atom is -1.00 e. The third kappa shape index (κ3) is 12.8. The smallest absolute Gasteiger partial charge is 0.350 e. The van der Waals surface area contributed by atoms with Crippen LogP contribution in [0.5, 0.6) is 63.2 Å². The van der Waals surface area contributed by atoms with Crippen molar-refractivity contribution in [3.63, 3.8) is 0 Å². The maximum atomic E-state index is 13.2. The van der Waals surface area contributed by atoms with Crippen LogP contribution < -0.4 is 76.9 Å². The minimum atomic E-state index is -0.820. The highest BCUT2D eigenvalue weighted by Crippen LogP contribution is 2.52. The first kappa shape index (κ1) is 60.7. The molecule has 4 aromatic rings. The molecule has 2 aliphatic heterocycles. The van der Waals surface area contributed by atoms with E-state index >= 15 is 0 Å². The second-order valence-electron chi connectivity index (χ2n) is 18.1. The molecule has 74 heavy (non-hydrogen) atoms. The first-order valence-electron chi connectivity index (χ1n) is 23.7. The number of likely N-dealkylation sites (N-methyl/N-ethyl adjacent to an activating group) is 2. The van der Waals surface area contributed by atoms with Crippen molar-refractivity contribution in [3.8, 4) is 63.2 Å². The number of hydrogen-bond acceptors (Lipinski definition) is 15. The van der Waals surface area contributed by atoms with Crippen LogP contribution in [0.4, 0.5) is 0 Å². The van der Waals surface area contributed by atoms with E-state index in [0.29, 0.717) is 105 Å². The fraction of sp³-hybridized carbons (Fsp3) is 0.481. The summed E-state index contributed by atoms with van der Waals surface area (Å²) < 4.78 is 75.7. The molecule has 0 radical (unpaired) electrons. The number of methoxy groups -OCH3 is 11. The number of carbonyl (C=O) groups is 2. The molecule has 4 aromatic carbocycles. The summed E-state index contributed by atoms with van der Waals surface area (Å²) in [5.41, 5.74) is 6.18. The molecule has 17 nitrogen and oxygen atoms in total. The summed E-state index contributed by atoms with van der Waals surface area (Å²) in [5, 5.41) is -0.378. The lowest BCUT2D eigenvalue weighted by atomic mass is 9.85. The van der Waals surface area contributed by atoms with Gasteiger partial charge in [-0.2, -0.15) is 0 Å². The molecule has 4 atom stereocenters. The van der Waals surface area contributed by atoms with Crippen LogP contribution in [0.3, 0.4) is 0 Å². The maximum absolute atomic E-state index is 13.2. The Labute approximate surface area is 452 Å². The first-order chi connectivity index (χ1) is 34.6. The summed E-state index contributed by atoms with van der Waals surface area (Å²) >= 11 is 6.38. The maximum Gasteiger partial charge on any atom is 0.350 e. The fourth-order valence-electron chi connectivity index (χ4n) is 10.5. The van der Waals surface area contributed by atoms with E-state index in [0.717, 1.165) is 65.4 Å². The Morgan fingerprint density at radius 2 is 0.986 bits per heavy atom. The molecule has 0 amide bonds. The predicted molar refractivity (Wildman–Crippen MR) is 270 cm³/mol. The van der Waals surface area contributed by atoms with E-state index < -0.39 is 11.9 Å². The highest BCUT2D eigenvalue weighted by atomic mass is 35.5. The molecule has 2 aliphatic rings. The number of quaternary nitrogens is 2. The minimum absolute atomic E-state index is 0. The van der Waals surface area contributed by atoms with Gasteiger partial charge in [0.25, 0.3) is 0 Å². The average molecular weight is 1090 g/mol.